The van der Waals surface area contributed by atoms with E-state index in [1.165, 1.54) is 12.1 Å². The highest BCUT2D eigenvalue weighted by molar-refractivity contribution is 7.89. The van der Waals surface area contributed by atoms with Gasteiger partial charge in [0.25, 0.3) is 0 Å². The number of benzene rings is 3. The zero-order valence-electron chi connectivity index (χ0n) is 19.5. The zero-order valence-corrected chi connectivity index (χ0v) is 20.3. The number of carbonyl (C=O) groups is 1. The van der Waals surface area contributed by atoms with Crippen LogP contribution in [0.1, 0.15) is 23.7 Å². The minimum absolute atomic E-state index is 0.0398. The lowest BCUT2D eigenvalue weighted by Crippen LogP contribution is -2.49. The van der Waals surface area contributed by atoms with Crippen LogP contribution < -0.4 is 4.72 Å². The molecular formula is C26H30N2O5S. The molecule has 8 heteroatoms. The number of aryl methyl sites for hydroxylation is 1. The molecule has 180 valence electrons. The third kappa shape index (κ3) is 5.15. The van der Waals surface area contributed by atoms with Gasteiger partial charge in [0.2, 0.25) is 10.0 Å². The predicted molar refractivity (Wildman–Crippen MR) is 131 cm³/mol. The second kappa shape index (κ2) is 9.84. The third-order valence-electron chi connectivity index (χ3n) is 6.33. The van der Waals surface area contributed by atoms with Crippen LogP contribution in [-0.2, 0) is 19.6 Å². The number of likely N-dealkylation sites (N-methyl/N-ethyl adjacent to an activating group) is 1. The summed E-state index contributed by atoms with van der Waals surface area (Å²) in [6.45, 7) is 2.33. The fraction of sp³-hybridized carbons (Fsp3) is 0.346. The van der Waals surface area contributed by atoms with Crippen LogP contribution in [0.15, 0.2) is 71.6 Å². The quantitative estimate of drug-likeness (QED) is 0.510. The molecule has 1 fully saturated rings. The van der Waals surface area contributed by atoms with Crippen molar-refractivity contribution in [3.05, 3.63) is 77.9 Å². The van der Waals surface area contributed by atoms with Crippen molar-refractivity contribution < 1.29 is 23.1 Å². The van der Waals surface area contributed by atoms with Crippen LogP contribution in [0.25, 0.3) is 10.8 Å². The van der Waals surface area contributed by atoms with Gasteiger partial charge in [0.1, 0.15) is 6.04 Å². The van der Waals surface area contributed by atoms with E-state index in [1.54, 1.807) is 12.1 Å². The van der Waals surface area contributed by atoms with E-state index in [4.69, 9.17) is 4.74 Å². The average Bonchev–Trinajstić information content (AvgIpc) is 3.19. The van der Waals surface area contributed by atoms with Gasteiger partial charge in [0.15, 0.2) is 0 Å². The Kier molecular flexibility index (Phi) is 7.04. The first kappa shape index (κ1) is 24.3. The highest BCUT2D eigenvalue weighted by Crippen LogP contribution is 2.41. The second-order valence-electron chi connectivity index (χ2n) is 9.14. The topological polar surface area (TPSA) is 95.9 Å². The lowest BCUT2D eigenvalue weighted by atomic mass is 9.88. The molecule has 1 unspecified atom stereocenters. The number of ether oxygens (including phenoxy) is 1. The van der Waals surface area contributed by atoms with Gasteiger partial charge in [-0.1, -0.05) is 60.2 Å². The molecule has 1 heterocycles. The fourth-order valence-corrected chi connectivity index (χ4v) is 5.90. The lowest BCUT2D eigenvalue weighted by molar-refractivity contribution is -0.141. The van der Waals surface area contributed by atoms with Crippen LogP contribution in [0.3, 0.4) is 0 Å². The van der Waals surface area contributed by atoms with Gasteiger partial charge in [-0.3, -0.25) is 4.79 Å². The SMILES string of the molecule is Cc1ccc(S(=O)(=O)NC(C(=O)O)[C@H]2C[C@H](c3cccc4ccccc34)O[C@@H]2CN(C)C)cc1. The largest absolute Gasteiger partial charge is 0.480 e. The highest BCUT2D eigenvalue weighted by atomic mass is 32.2. The van der Waals surface area contributed by atoms with Gasteiger partial charge < -0.3 is 14.7 Å². The van der Waals surface area contributed by atoms with Crippen molar-refractivity contribution in [2.45, 2.75) is 36.5 Å². The molecule has 34 heavy (non-hydrogen) atoms. The molecule has 3 aromatic carbocycles. The second-order valence-corrected chi connectivity index (χ2v) is 10.9. The smallest absolute Gasteiger partial charge is 0.322 e. The van der Waals surface area contributed by atoms with Crippen molar-refractivity contribution in [3.63, 3.8) is 0 Å². The van der Waals surface area contributed by atoms with Crippen molar-refractivity contribution in [3.8, 4) is 0 Å². The standard InChI is InChI=1S/C26H30N2O5S/c1-17-11-13-19(14-12-17)34(31,32)27-25(26(29)30)22-15-23(33-24(22)16-28(2)3)21-10-6-8-18-7-4-5-9-20(18)21/h4-14,22-25,27H,15-16H2,1-3H3,(H,29,30)/t22-,23+,24+,25?/m0/s1. The van der Waals surface area contributed by atoms with Gasteiger partial charge in [-0.2, -0.15) is 4.72 Å². The van der Waals surface area contributed by atoms with Crippen molar-refractivity contribution in [2.24, 2.45) is 5.92 Å². The number of aliphatic carboxylic acids is 1. The highest BCUT2D eigenvalue weighted by Gasteiger charge is 2.45. The van der Waals surface area contributed by atoms with E-state index in [2.05, 4.69) is 4.72 Å². The molecule has 3 aromatic rings. The van der Waals surface area contributed by atoms with Gasteiger partial charge in [0.05, 0.1) is 17.1 Å². The maximum absolute atomic E-state index is 13.0. The minimum atomic E-state index is -4.03. The molecule has 1 aliphatic rings. The third-order valence-corrected chi connectivity index (χ3v) is 7.78. The van der Waals surface area contributed by atoms with Crippen LogP contribution in [0.4, 0.5) is 0 Å². The molecule has 0 bridgehead atoms. The molecule has 1 aliphatic heterocycles. The van der Waals surface area contributed by atoms with Crippen molar-refractivity contribution in [1.29, 1.82) is 0 Å². The minimum Gasteiger partial charge on any atom is -0.480 e. The molecule has 0 saturated carbocycles. The Balaban J connectivity index is 1.67. The van der Waals surface area contributed by atoms with Crippen molar-refractivity contribution in [2.75, 3.05) is 20.6 Å². The van der Waals surface area contributed by atoms with Gasteiger partial charge in [-0.15, -0.1) is 0 Å². The monoisotopic (exact) mass is 482 g/mol. The summed E-state index contributed by atoms with van der Waals surface area (Å²) in [5.41, 5.74) is 1.90. The Morgan fingerprint density at radius 3 is 2.44 bits per heavy atom. The van der Waals surface area contributed by atoms with Crippen LogP contribution in [0.2, 0.25) is 0 Å². The molecule has 0 radical (unpaired) electrons. The van der Waals surface area contributed by atoms with E-state index in [0.29, 0.717) is 13.0 Å². The number of nitrogens with one attached hydrogen (secondary N) is 1. The molecule has 7 nitrogen and oxygen atoms in total. The number of hydrogen-bond donors (Lipinski definition) is 2. The summed E-state index contributed by atoms with van der Waals surface area (Å²) in [7, 11) is -0.254. The Labute approximate surface area is 200 Å². The summed E-state index contributed by atoms with van der Waals surface area (Å²) in [6, 6.07) is 19.0. The first-order chi connectivity index (χ1) is 16.2. The Morgan fingerprint density at radius 2 is 1.76 bits per heavy atom. The fourth-order valence-electron chi connectivity index (χ4n) is 4.66. The molecule has 1 saturated heterocycles. The summed E-state index contributed by atoms with van der Waals surface area (Å²) in [6.07, 6.45) is -0.410. The normalized spacial score (nSPS) is 21.7. The number of carboxylic acids is 1. The lowest BCUT2D eigenvalue weighted by Gasteiger charge is -2.27. The summed E-state index contributed by atoms with van der Waals surface area (Å²) in [5, 5.41) is 12.2. The number of carboxylic acid groups (broad SMARTS) is 1. The van der Waals surface area contributed by atoms with E-state index in [0.717, 1.165) is 21.9 Å². The maximum atomic E-state index is 13.0. The van der Waals surface area contributed by atoms with Crippen LogP contribution in [0.5, 0.6) is 0 Å². The first-order valence-electron chi connectivity index (χ1n) is 11.3. The maximum Gasteiger partial charge on any atom is 0.322 e. The van der Waals surface area contributed by atoms with Crippen molar-refractivity contribution in [1.82, 2.24) is 9.62 Å². The van der Waals surface area contributed by atoms with Crippen molar-refractivity contribution >= 4 is 26.8 Å². The van der Waals surface area contributed by atoms with E-state index >= 15 is 0 Å². The molecule has 0 amide bonds. The van der Waals surface area contributed by atoms with Gasteiger partial charge in [-0.25, -0.2) is 8.42 Å². The first-order valence-corrected chi connectivity index (χ1v) is 12.7. The van der Waals surface area contributed by atoms with Crippen LogP contribution in [-0.4, -0.2) is 57.2 Å². The number of rotatable bonds is 8. The van der Waals surface area contributed by atoms with Gasteiger partial charge in [0, 0.05) is 12.5 Å². The summed E-state index contributed by atoms with van der Waals surface area (Å²) in [4.78, 5) is 14.3. The van der Waals surface area contributed by atoms with E-state index in [9.17, 15) is 18.3 Å². The number of hydrogen-bond acceptors (Lipinski definition) is 5. The van der Waals surface area contributed by atoms with E-state index in [-0.39, 0.29) is 11.0 Å². The van der Waals surface area contributed by atoms with E-state index in [1.807, 2.05) is 68.4 Å². The summed E-state index contributed by atoms with van der Waals surface area (Å²) in [5.74, 6) is -1.77. The van der Waals surface area contributed by atoms with Gasteiger partial charge in [-0.05, 0) is 55.9 Å². The number of nitrogens with zero attached hydrogens (tertiary/aromatic N) is 1. The Hall–Kier alpha value is -2.78. The van der Waals surface area contributed by atoms with Crippen LogP contribution in [0, 0.1) is 12.8 Å². The molecule has 0 spiro atoms. The van der Waals surface area contributed by atoms with Crippen LogP contribution >= 0.6 is 0 Å². The summed E-state index contributed by atoms with van der Waals surface area (Å²) < 4.78 is 35.0. The average molecular weight is 483 g/mol. The number of sulfonamides is 1. The predicted octanol–water partition coefficient (Wildman–Crippen LogP) is 3.59. The zero-order chi connectivity index (χ0) is 24.5. The molecule has 4 atom stereocenters. The Bertz CT molecular complexity index is 1270. The molecule has 0 aliphatic carbocycles. The molecule has 2 N–H and O–H groups in total. The summed E-state index contributed by atoms with van der Waals surface area (Å²) >= 11 is 0. The van der Waals surface area contributed by atoms with Gasteiger partial charge >= 0.3 is 5.97 Å². The molecule has 4 rings (SSSR count). The van der Waals surface area contributed by atoms with E-state index < -0.39 is 34.1 Å². The Morgan fingerprint density at radius 1 is 1.09 bits per heavy atom. The number of fused-ring (bicyclic) bond motifs is 1. The molecular weight excluding hydrogens is 452 g/mol. The molecule has 0 aromatic heterocycles.